The molecule has 94 valence electrons. The first-order chi connectivity index (χ1) is 8.66. The Balaban J connectivity index is 1.89. The molecule has 0 spiro atoms. The molecule has 6 nitrogen and oxygen atoms in total. The third-order valence-electron chi connectivity index (χ3n) is 2.32. The van der Waals surface area contributed by atoms with E-state index < -0.39 is 0 Å². The molecule has 0 bridgehead atoms. The highest BCUT2D eigenvalue weighted by Crippen LogP contribution is 2.20. The van der Waals surface area contributed by atoms with Gasteiger partial charge in [-0.2, -0.15) is 5.10 Å². The summed E-state index contributed by atoms with van der Waals surface area (Å²) >= 11 is 2.00. The molecule has 0 aliphatic carbocycles. The Bertz CT molecular complexity index is 542. The molecule has 0 fully saturated rings. The molecule has 1 heterocycles. The molecule has 2 rings (SSSR count). The van der Waals surface area contributed by atoms with Crippen LogP contribution in [0.2, 0.25) is 0 Å². The second kappa shape index (κ2) is 5.80. The molecule has 0 aliphatic rings. The van der Waals surface area contributed by atoms with Crippen molar-refractivity contribution in [2.75, 3.05) is 6.54 Å². The van der Waals surface area contributed by atoms with E-state index in [4.69, 9.17) is 0 Å². The second-order valence-electron chi connectivity index (χ2n) is 3.60. The van der Waals surface area contributed by atoms with E-state index in [-0.39, 0.29) is 11.7 Å². The Morgan fingerprint density at radius 2 is 2.33 bits per heavy atom. The van der Waals surface area contributed by atoms with Crippen molar-refractivity contribution in [1.29, 1.82) is 0 Å². The van der Waals surface area contributed by atoms with Crippen LogP contribution in [0.3, 0.4) is 0 Å². The van der Waals surface area contributed by atoms with Gasteiger partial charge in [0.1, 0.15) is 17.9 Å². The van der Waals surface area contributed by atoms with Crippen LogP contribution in [-0.4, -0.2) is 32.7 Å². The molecule has 2 aromatic rings. The van der Waals surface area contributed by atoms with Crippen LogP contribution in [0.1, 0.15) is 16.2 Å². The van der Waals surface area contributed by atoms with Crippen molar-refractivity contribution in [2.24, 2.45) is 0 Å². The van der Waals surface area contributed by atoms with E-state index in [2.05, 4.69) is 20.5 Å². The molecule has 7 heteroatoms. The van der Waals surface area contributed by atoms with E-state index >= 15 is 0 Å². The van der Waals surface area contributed by atoms with Gasteiger partial charge in [-0.25, -0.2) is 4.98 Å². The number of hydrogen-bond donors (Lipinski definition) is 3. The van der Waals surface area contributed by atoms with Crippen molar-refractivity contribution in [1.82, 2.24) is 20.5 Å². The van der Waals surface area contributed by atoms with Gasteiger partial charge in [0.2, 0.25) is 0 Å². The number of rotatable bonds is 4. The number of phenols is 1. The first-order valence-electron chi connectivity index (χ1n) is 5.28. The first-order valence-corrected chi connectivity index (χ1v) is 6.35. The third-order valence-corrected chi connectivity index (χ3v) is 3.23. The van der Waals surface area contributed by atoms with Crippen LogP contribution in [0.15, 0.2) is 24.5 Å². The second-order valence-corrected chi connectivity index (χ2v) is 4.77. The molecule has 0 saturated carbocycles. The fraction of sp³-hybridized carbons (Fsp3) is 0.182. The third kappa shape index (κ3) is 3.19. The molecular formula is C11H11IN4O2. The summed E-state index contributed by atoms with van der Waals surface area (Å²) in [5, 5.41) is 18.7. The number of carbonyl (C=O) groups is 1. The van der Waals surface area contributed by atoms with Crippen molar-refractivity contribution < 1.29 is 9.90 Å². The van der Waals surface area contributed by atoms with Crippen molar-refractivity contribution >= 4 is 28.5 Å². The number of benzene rings is 1. The zero-order valence-electron chi connectivity index (χ0n) is 9.35. The standard InChI is InChI=1S/C11H11IN4O2/c12-8-2-1-7(5-9(8)17)11(18)13-4-3-10-14-6-15-16-10/h1-2,5-6,17H,3-4H2,(H,13,18)(H,14,15,16). The van der Waals surface area contributed by atoms with Gasteiger partial charge in [-0.15, -0.1) is 0 Å². The number of phenolic OH excluding ortho intramolecular Hbond substituents is 1. The maximum absolute atomic E-state index is 11.8. The quantitative estimate of drug-likeness (QED) is 0.714. The van der Waals surface area contributed by atoms with Crippen LogP contribution in [-0.2, 0) is 6.42 Å². The molecule has 1 aromatic carbocycles. The number of nitrogens with one attached hydrogen (secondary N) is 2. The summed E-state index contributed by atoms with van der Waals surface area (Å²) in [7, 11) is 0. The number of aromatic nitrogens is 3. The number of amides is 1. The van der Waals surface area contributed by atoms with E-state index in [1.807, 2.05) is 22.6 Å². The van der Waals surface area contributed by atoms with Gasteiger partial charge in [0, 0.05) is 18.5 Å². The summed E-state index contributed by atoms with van der Waals surface area (Å²) in [6.45, 7) is 0.459. The average molecular weight is 358 g/mol. The van der Waals surface area contributed by atoms with E-state index in [0.29, 0.717) is 22.1 Å². The molecule has 1 aromatic heterocycles. The van der Waals surface area contributed by atoms with Gasteiger partial charge in [0.15, 0.2) is 0 Å². The monoisotopic (exact) mass is 358 g/mol. The normalized spacial score (nSPS) is 10.3. The van der Waals surface area contributed by atoms with E-state index in [1.165, 1.54) is 12.4 Å². The predicted molar refractivity (Wildman–Crippen MR) is 73.2 cm³/mol. The Morgan fingerprint density at radius 1 is 1.50 bits per heavy atom. The summed E-state index contributed by atoms with van der Waals surface area (Å²) in [5.74, 6) is 0.612. The fourth-order valence-electron chi connectivity index (χ4n) is 1.40. The number of carbonyl (C=O) groups excluding carboxylic acids is 1. The minimum absolute atomic E-state index is 0.110. The number of aromatic hydroxyl groups is 1. The van der Waals surface area contributed by atoms with Crippen LogP contribution < -0.4 is 5.32 Å². The molecule has 0 aliphatic heterocycles. The van der Waals surface area contributed by atoms with Gasteiger partial charge < -0.3 is 10.4 Å². The number of nitrogens with zero attached hydrogens (tertiary/aromatic N) is 2. The summed E-state index contributed by atoms with van der Waals surface area (Å²) in [4.78, 5) is 15.7. The fourth-order valence-corrected chi connectivity index (χ4v) is 1.74. The predicted octanol–water partition coefficient (Wildman–Crippen LogP) is 1.09. The lowest BCUT2D eigenvalue weighted by atomic mass is 10.2. The molecular weight excluding hydrogens is 347 g/mol. The largest absolute Gasteiger partial charge is 0.507 e. The lowest BCUT2D eigenvalue weighted by Crippen LogP contribution is -2.25. The average Bonchev–Trinajstić information content (AvgIpc) is 2.85. The van der Waals surface area contributed by atoms with Gasteiger partial charge >= 0.3 is 0 Å². The maximum atomic E-state index is 11.8. The SMILES string of the molecule is O=C(NCCc1ncn[nH]1)c1ccc(I)c(O)c1. The van der Waals surface area contributed by atoms with Crippen LogP contribution in [0.25, 0.3) is 0 Å². The lowest BCUT2D eigenvalue weighted by Gasteiger charge is -2.05. The molecule has 1 amide bonds. The molecule has 0 atom stereocenters. The first kappa shape index (κ1) is 12.8. The van der Waals surface area contributed by atoms with Crippen LogP contribution >= 0.6 is 22.6 Å². The minimum Gasteiger partial charge on any atom is -0.507 e. The molecule has 3 N–H and O–H groups in total. The highest BCUT2D eigenvalue weighted by atomic mass is 127. The van der Waals surface area contributed by atoms with Gasteiger partial charge in [-0.3, -0.25) is 9.89 Å². The number of hydrogen-bond acceptors (Lipinski definition) is 4. The van der Waals surface area contributed by atoms with Crippen LogP contribution in [0, 0.1) is 3.57 Å². The number of H-pyrrole nitrogens is 1. The topological polar surface area (TPSA) is 90.9 Å². The zero-order chi connectivity index (χ0) is 13.0. The summed E-state index contributed by atoms with van der Waals surface area (Å²) in [5.41, 5.74) is 0.436. The van der Waals surface area contributed by atoms with Gasteiger partial charge in [0.25, 0.3) is 5.91 Å². The maximum Gasteiger partial charge on any atom is 0.251 e. The van der Waals surface area contributed by atoms with Crippen LogP contribution in [0.5, 0.6) is 5.75 Å². The Morgan fingerprint density at radius 3 is 3.00 bits per heavy atom. The molecule has 0 radical (unpaired) electrons. The van der Waals surface area contributed by atoms with E-state index in [9.17, 15) is 9.90 Å². The van der Waals surface area contributed by atoms with E-state index in [0.717, 1.165) is 5.82 Å². The van der Waals surface area contributed by atoms with Crippen LogP contribution in [0.4, 0.5) is 0 Å². The molecule has 0 unspecified atom stereocenters. The molecule has 0 saturated heterocycles. The van der Waals surface area contributed by atoms with Crippen molar-refractivity contribution in [3.8, 4) is 5.75 Å². The minimum atomic E-state index is -0.221. The Labute approximate surface area is 117 Å². The highest BCUT2D eigenvalue weighted by molar-refractivity contribution is 14.1. The lowest BCUT2D eigenvalue weighted by molar-refractivity contribution is 0.0953. The summed E-state index contributed by atoms with van der Waals surface area (Å²) in [6.07, 6.45) is 2.01. The number of aromatic amines is 1. The van der Waals surface area contributed by atoms with Crippen molar-refractivity contribution in [2.45, 2.75) is 6.42 Å². The summed E-state index contributed by atoms with van der Waals surface area (Å²) in [6, 6.07) is 4.82. The zero-order valence-corrected chi connectivity index (χ0v) is 11.5. The van der Waals surface area contributed by atoms with Crippen molar-refractivity contribution in [3.05, 3.63) is 39.5 Å². The smallest absolute Gasteiger partial charge is 0.251 e. The van der Waals surface area contributed by atoms with E-state index in [1.54, 1.807) is 12.1 Å². The van der Waals surface area contributed by atoms with Crippen molar-refractivity contribution in [3.63, 3.8) is 0 Å². The molecule has 18 heavy (non-hydrogen) atoms. The Kier molecular flexibility index (Phi) is 4.13. The van der Waals surface area contributed by atoms with Gasteiger partial charge in [-0.05, 0) is 40.8 Å². The Hall–Kier alpha value is -1.64. The summed E-state index contributed by atoms with van der Waals surface area (Å²) < 4.78 is 0.714. The number of halogens is 1. The highest BCUT2D eigenvalue weighted by Gasteiger charge is 2.07. The van der Waals surface area contributed by atoms with Gasteiger partial charge in [0.05, 0.1) is 3.57 Å². The van der Waals surface area contributed by atoms with Gasteiger partial charge in [-0.1, -0.05) is 0 Å².